The summed E-state index contributed by atoms with van der Waals surface area (Å²) in [5.74, 6) is 0. The first-order valence-corrected chi connectivity index (χ1v) is 6.73. The predicted molar refractivity (Wildman–Crippen MR) is 75.8 cm³/mol. The lowest BCUT2D eigenvalue weighted by atomic mass is 9.88. The largest absolute Gasteiger partial charge is 0.396 e. The molecule has 0 amide bonds. The molecule has 0 spiro atoms. The first-order chi connectivity index (χ1) is 8.37. The molecule has 5 nitrogen and oxygen atoms in total. The second kappa shape index (κ2) is 6.33. The van der Waals surface area contributed by atoms with Crippen LogP contribution in [0, 0.1) is 5.41 Å². The first-order valence-electron chi connectivity index (χ1n) is 5.94. The Morgan fingerprint density at radius 2 is 2.22 bits per heavy atom. The molecule has 0 atom stereocenters. The highest BCUT2D eigenvalue weighted by molar-refractivity contribution is 9.10. The molecule has 1 aromatic heterocycles. The van der Waals surface area contributed by atoms with Gasteiger partial charge in [-0.15, -0.1) is 0 Å². The van der Waals surface area contributed by atoms with Crippen LogP contribution in [0.4, 0.5) is 5.69 Å². The van der Waals surface area contributed by atoms with Gasteiger partial charge in [-0.3, -0.25) is 4.79 Å². The molecule has 2 N–H and O–H groups in total. The van der Waals surface area contributed by atoms with Gasteiger partial charge in [-0.2, -0.15) is 5.10 Å². The van der Waals surface area contributed by atoms with E-state index in [0.29, 0.717) is 10.2 Å². The average molecular weight is 318 g/mol. The quantitative estimate of drug-likeness (QED) is 0.839. The summed E-state index contributed by atoms with van der Waals surface area (Å²) in [7, 11) is 1.61. The number of aliphatic hydroxyl groups is 1. The summed E-state index contributed by atoms with van der Waals surface area (Å²) in [6.07, 6.45) is 3.34. The molecule has 0 unspecified atom stereocenters. The zero-order valence-corrected chi connectivity index (χ0v) is 12.6. The summed E-state index contributed by atoms with van der Waals surface area (Å²) in [5.41, 5.74) is 0.604. The number of aliphatic hydroxyl groups excluding tert-OH is 1. The van der Waals surface area contributed by atoms with Crippen molar-refractivity contribution in [2.75, 3.05) is 18.5 Å². The molecule has 0 fully saturated rings. The molecular weight excluding hydrogens is 298 g/mol. The predicted octanol–water partition coefficient (Wildman–Crippen LogP) is 1.75. The number of anilines is 1. The molecule has 102 valence electrons. The topological polar surface area (TPSA) is 67.2 Å². The van der Waals surface area contributed by atoms with E-state index in [1.165, 1.54) is 4.68 Å². The van der Waals surface area contributed by atoms with Gasteiger partial charge in [0, 0.05) is 20.2 Å². The van der Waals surface area contributed by atoms with Gasteiger partial charge in [0.1, 0.15) is 4.47 Å². The Balaban J connectivity index is 2.69. The Bertz CT molecular complexity index is 457. The highest BCUT2D eigenvalue weighted by Gasteiger charge is 2.18. The van der Waals surface area contributed by atoms with Gasteiger partial charge in [-0.05, 0) is 34.2 Å². The van der Waals surface area contributed by atoms with Gasteiger partial charge in [0.05, 0.1) is 11.9 Å². The summed E-state index contributed by atoms with van der Waals surface area (Å²) < 4.78 is 1.78. The zero-order valence-electron chi connectivity index (χ0n) is 11.0. The highest BCUT2D eigenvalue weighted by Crippen LogP contribution is 2.24. The highest BCUT2D eigenvalue weighted by atomic mass is 79.9. The van der Waals surface area contributed by atoms with E-state index >= 15 is 0 Å². The lowest BCUT2D eigenvalue weighted by Crippen LogP contribution is -2.26. The van der Waals surface area contributed by atoms with E-state index in [1.54, 1.807) is 13.2 Å². The molecule has 0 radical (unpaired) electrons. The lowest BCUT2D eigenvalue weighted by Gasteiger charge is -2.25. The molecule has 0 bridgehead atoms. The van der Waals surface area contributed by atoms with E-state index in [0.717, 1.165) is 19.4 Å². The molecule has 0 saturated heterocycles. The second-order valence-corrected chi connectivity index (χ2v) is 5.94. The van der Waals surface area contributed by atoms with Gasteiger partial charge < -0.3 is 10.4 Å². The van der Waals surface area contributed by atoms with Crippen molar-refractivity contribution in [3.8, 4) is 0 Å². The summed E-state index contributed by atoms with van der Waals surface area (Å²) in [6.45, 7) is 5.18. The summed E-state index contributed by atoms with van der Waals surface area (Å²) in [5, 5.41) is 16.0. The number of nitrogens with zero attached hydrogens (tertiary/aromatic N) is 2. The Hall–Kier alpha value is -0.880. The van der Waals surface area contributed by atoms with Gasteiger partial charge in [-0.25, -0.2) is 4.68 Å². The van der Waals surface area contributed by atoms with Crippen LogP contribution in [0.15, 0.2) is 15.5 Å². The number of halogens is 1. The minimum atomic E-state index is -0.159. The fourth-order valence-corrected chi connectivity index (χ4v) is 2.11. The van der Waals surface area contributed by atoms with Crippen LogP contribution < -0.4 is 10.9 Å². The Morgan fingerprint density at radius 1 is 1.56 bits per heavy atom. The van der Waals surface area contributed by atoms with Crippen molar-refractivity contribution in [3.63, 3.8) is 0 Å². The van der Waals surface area contributed by atoms with Gasteiger partial charge in [0.15, 0.2) is 0 Å². The number of aryl methyl sites for hydroxylation is 1. The van der Waals surface area contributed by atoms with Crippen molar-refractivity contribution in [2.24, 2.45) is 12.5 Å². The van der Waals surface area contributed by atoms with Crippen LogP contribution in [-0.4, -0.2) is 28.0 Å². The maximum absolute atomic E-state index is 11.7. The summed E-state index contributed by atoms with van der Waals surface area (Å²) >= 11 is 3.28. The summed E-state index contributed by atoms with van der Waals surface area (Å²) in [4.78, 5) is 11.7. The first kappa shape index (κ1) is 15.2. The minimum Gasteiger partial charge on any atom is -0.396 e. The van der Waals surface area contributed by atoms with Crippen molar-refractivity contribution in [1.29, 1.82) is 0 Å². The molecule has 18 heavy (non-hydrogen) atoms. The summed E-state index contributed by atoms with van der Waals surface area (Å²) in [6, 6.07) is 0. The van der Waals surface area contributed by atoms with Crippen LogP contribution in [-0.2, 0) is 7.05 Å². The third-order valence-corrected chi connectivity index (χ3v) is 3.61. The Morgan fingerprint density at radius 3 is 2.83 bits per heavy atom. The third kappa shape index (κ3) is 4.10. The molecule has 1 aromatic rings. The minimum absolute atomic E-state index is 0.0588. The third-order valence-electron chi connectivity index (χ3n) is 2.85. The molecular formula is C12H20BrN3O2. The van der Waals surface area contributed by atoms with E-state index in [2.05, 4.69) is 40.2 Å². The van der Waals surface area contributed by atoms with Crippen LogP contribution >= 0.6 is 15.9 Å². The maximum Gasteiger partial charge on any atom is 0.282 e. The van der Waals surface area contributed by atoms with Gasteiger partial charge in [0.2, 0.25) is 0 Å². The van der Waals surface area contributed by atoms with Crippen LogP contribution in [0.25, 0.3) is 0 Å². The fourth-order valence-electron chi connectivity index (χ4n) is 1.61. The van der Waals surface area contributed by atoms with Gasteiger partial charge in [-0.1, -0.05) is 13.8 Å². The van der Waals surface area contributed by atoms with Crippen LogP contribution in [0.1, 0.15) is 26.7 Å². The molecule has 0 aliphatic rings. The van der Waals surface area contributed by atoms with Crippen LogP contribution in [0.3, 0.4) is 0 Å². The molecule has 1 rings (SSSR count). The smallest absolute Gasteiger partial charge is 0.282 e. The van der Waals surface area contributed by atoms with E-state index in [9.17, 15) is 4.79 Å². The molecule has 0 saturated carbocycles. The van der Waals surface area contributed by atoms with Gasteiger partial charge in [0.25, 0.3) is 5.56 Å². The van der Waals surface area contributed by atoms with E-state index in [1.807, 2.05) is 0 Å². The van der Waals surface area contributed by atoms with E-state index in [4.69, 9.17) is 5.11 Å². The number of rotatable bonds is 6. The second-order valence-electron chi connectivity index (χ2n) is 5.15. The Labute approximate surface area is 115 Å². The van der Waals surface area contributed by atoms with Crippen LogP contribution in [0.2, 0.25) is 0 Å². The monoisotopic (exact) mass is 317 g/mol. The van der Waals surface area contributed by atoms with Crippen molar-refractivity contribution < 1.29 is 5.11 Å². The molecule has 6 heteroatoms. The molecule has 1 heterocycles. The standard InChI is InChI=1S/C12H20BrN3O2/c1-12(2,5-4-6-17)8-14-9-7-15-16(3)11(18)10(9)13/h7,14,17H,4-6,8H2,1-3H3. The number of hydrogen-bond acceptors (Lipinski definition) is 4. The maximum atomic E-state index is 11.7. The van der Waals surface area contributed by atoms with Crippen molar-refractivity contribution in [1.82, 2.24) is 9.78 Å². The number of nitrogens with one attached hydrogen (secondary N) is 1. The molecule has 0 aliphatic carbocycles. The fraction of sp³-hybridized carbons (Fsp3) is 0.667. The number of aromatic nitrogens is 2. The van der Waals surface area contributed by atoms with Crippen molar-refractivity contribution >= 4 is 21.6 Å². The molecule has 0 aliphatic heterocycles. The van der Waals surface area contributed by atoms with Gasteiger partial charge >= 0.3 is 0 Å². The zero-order chi connectivity index (χ0) is 13.8. The average Bonchev–Trinajstić information content (AvgIpc) is 2.33. The van der Waals surface area contributed by atoms with Crippen LogP contribution in [0.5, 0.6) is 0 Å². The normalized spacial score (nSPS) is 11.6. The lowest BCUT2D eigenvalue weighted by molar-refractivity contribution is 0.248. The number of hydrogen-bond donors (Lipinski definition) is 2. The van der Waals surface area contributed by atoms with E-state index in [-0.39, 0.29) is 17.6 Å². The molecule has 0 aromatic carbocycles. The van der Waals surface area contributed by atoms with Crippen molar-refractivity contribution in [3.05, 3.63) is 21.0 Å². The van der Waals surface area contributed by atoms with E-state index < -0.39 is 0 Å². The van der Waals surface area contributed by atoms with Crippen molar-refractivity contribution in [2.45, 2.75) is 26.7 Å². The Kier molecular flexibility index (Phi) is 5.34. The SMILES string of the molecule is Cn1ncc(NCC(C)(C)CCCO)c(Br)c1=O.